The van der Waals surface area contributed by atoms with E-state index in [9.17, 15) is 8.78 Å². The average Bonchev–Trinajstić information content (AvgIpc) is 2.62. The van der Waals surface area contributed by atoms with E-state index in [0.717, 1.165) is 21.5 Å². The summed E-state index contributed by atoms with van der Waals surface area (Å²) in [5.41, 5.74) is 5.25. The summed E-state index contributed by atoms with van der Waals surface area (Å²) in [6.07, 6.45) is 0. The van der Waals surface area contributed by atoms with E-state index >= 15 is 0 Å². The summed E-state index contributed by atoms with van der Waals surface area (Å²) < 4.78 is 27.8. The van der Waals surface area contributed by atoms with Crippen molar-refractivity contribution in [1.82, 2.24) is 0 Å². The average molecular weight is 319 g/mol. The van der Waals surface area contributed by atoms with Gasteiger partial charge in [-0.05, 0) is 39.5 Å². The third kappa shape index (κ3) is 2.76. The van der Waals surface area contributed by atoms with Crippen molar-refractivity contribution >= 4 is 38.6 Å². The Morgan fingerprint density at radius 1 is 1.29 bits per heavy atom. The highest BCUT2D eigenvalue weighted by Crippen LogP contribution is 2.26. The first-order chi connectivity index (χ1) is 8.08. The number of hydrogen-bond acceptors (Lipinski definition) is 3. The number of nitrogen functional groups attached to an aromatic ring is 1. The highest BCUT2D eigenvalue weighted by Gasteiger charge is 2.10. The van der Waals surface area contributed by atoms with E-state index in [2.05, 4.69) is 21.2 Å². The highest BCUT2D eigenvalue weighted by atomic mass is 79.9. The molecule has 0 aliphatic heterocycles. The summed E-state index contributed by atoms with van der Waals surface area (Å²) >= 11 is 4.86. The molecule has 0 atom stereocenters. The summed E-state index contributed by atoms with van der Waals surface area (Å²) in [5.74, 6) is -1.37. The SMILES string of the molecule is Nc1cc(F)c(NCc2sccc2Br)c(F)c1. The van der Waals surface area contributed by atoms with Crippen molar-refractivity contribution in [3.05, 3.63) is 44.6 Å². The molecule has 2 rings (SSSR count). The van der Waals surface area contributed by atoms with E-state index < -0.39 is 11.6 Å². The molecule has 0 saturated carbocycles. The number of nitrogens with one attached hydrogen (secondary N) is 1. The molecule has 90 valence electrons. The van der Waals surface area contributed by atoms with E-state index in [-0.39, 0.29) is 11.4 Å². The lowest BCUT2D eigenvalue weighted by Gasteiger charge is -2.08. The van der Waals surface area contributed by atoms with Gasteiger partial charge in [-0.2, -0.15) is 0 Å². The number of halogens is 3. The van der Waals surface area contributed by atoms with Crippen molar-refractivity contribution in [3.8, 4) is 0 Å². The third-order valence-corrected chi connectivity index (χ3v) is 4.11. The van der Waals surface area contributed by atoms with Crippen molar-refractivity contribution in [2.75, 3.05) is 11.1 Å². The molecule has 0 fully saturated rings. The van der Waals surface area contributed by atoms with Crippen molar-refractivity contribution < 1.29 is 8.78 Å². The number of rotatable bonds is 3. The van der Waals surface area contributed by atoms with Gasteiger partial charge in [0.05, 0.1) is 6.54 Å². The van der Waals surface area contributed by atoms with Crippen LogP contribution >= 0.6 is 27.3 Å². The molecule has 2 aromatic rings. The van der Waals surface area contributed by atoms with Crippen LogP contribution in [0, 0.1) is 11.6 Å². The Morgan fingerprint density at radius 3 is 2.47 bits per heavy atom. The molecule has 0 saturated heterocycles. The van der Waals surface area contributed by atoms with Gasteiger partial charge < -0.3 is 11.1 Å². The molecule has 2 nitrogen and oxygen atoms in total. The summed E-state index contributed by atoms with van der Waals surface area (Å²) in [7, 11) is 0. The Labute approximate surface area is 110 Å². The Hall–Kier alpha value is -1.14. The van der Waals surface area contributed by atoms with Crippen LogP contribution in [0.1, 0.15) is 4.88 Å². The van der Waals surface area contributed by atoms with Crippen LogP contribution in [0.2, 0.25) is 0 Å². The Bertz CT molecular complexity index is 519. The molecule has 0 unspecified atom stereocenters. The third-order valence-electron chi connectivity index (χ3n) is 2.18. The van der Waals surface area contributed by atoms with Crippen LogP contribution in [0.5, 0.6) is 0 Å². The van der Waals surface area contributed by atoms with Gasteiger partial charge in [-0.15, -0.1) is 11.3 Å². The fourth-order valence-corrected chi connectivity index (χ4v) is 2.81. The smallest absolute Gasteiger partial charge is 0.151 e. The fourth-order valence-electron chi connectivity index (χ4n) is 1.38. The topological polar surface area (TPSA) is 38.0 Å². The van der Waals surface area contributed by atoms with E-state index in [1.807, 2.05) is 11.4 Å². The van der Waals surface area contributed by atoms with Crippen LogP contribution < -0.4 is 11.1 Å². The number of benzene rings is 1. The van der Waals surface area contributed by atoms with Gasteiger partial charge in [0.2, 0.25) is 0 Å². The summed E-state index contributed by atoms with van der Waals surface area (Å²) in [4.78, 5) is 0.973. The van der Waals surface area contributed by atoms with Crippen molar-refractivity contribution in [1.29, 1.82) is 0 Å². The number of hydrogen-bond donors (Lipinski definition) is 2. The molecule has 0 amide bonds. The van der Waals surface area contributed by atoms with Crippen molar-refractivity contribution in [3.63, 3.8) is 0 Å². The lowest BCUT2D eigenvalue weighted by Crippen LogP contribution is -2.04. The first kappa shape index (κ1) is 12.3. The molecule has 0 bridgehead atoms. The van der Waals surface area contributed by atoms with Gasteiger partial charge in [0.25, 0.3) is 0 Å². The lowest BCUT2D eigenvalue weighted by atomic mass is 10.2. The fraction of sp³-hybridized carbons (Fsp3) is 0.0909. The molecule has 0 aliphatic rings. The first-order valence-corrected chi connectivity index (χ1v) is 6.45. The lowest BCUT2D eigenvalue weighted by molar-refractivity contribution is 0.589. The predicted molar refractivity (Wildman–Crippen MR) is 70.1 cm³/mol. The standard InChI is InChI=1S/C11H9BrF2N2S/c12-7-1-2-17-10(7)5-16-11-8(13)3-6(15)4-9(11)14/h1-4,16H,5,15H2. The van der Waals surface area contributed by atoms with Crippen LogP contribution in [0.3, 0.4) is 0 Å². The van der Waals surface area contributed by atoms with Crippen LogP contribution in [-0.2, 0) is 6.54 Å². The number of anilines is 2. The molecule has 0 radical (unpaired) electrons. The molecule has 0 aliphatic carbocycles. The van der Waals surface area contributed by atoms with Gasteiger partial charge in [-0.25, -0.2) is 8.78 Å². The second-order valence-corrected chi connectivity index (χ2v) is 5.26. The molecule has 1 heterocycles. The Morgan fingerprint density at radius 2 is 1.94 bits per heavy atom. The zero-order chi connectivity index (χ0) is 12.4. The quantitative estimate of drug-likeness (QED) is 0.840. The maximum absolute atomic E-state index is 13.4. The van der Waals surface area contributed by atoms with Crippen LogP contribution in [-0.4, -0.2) is 0 Å². The Balaban J connectivity index is 2.17. The van der Waals surface area contributed by atoms with E-state index in [1.165, 1.54) is 11.3 Å². The van der Waals surface area contributed by atoms with Gasteiger partial charge in [0, 0.05) is 15.0 Å². The van der Waals surface area contributed by atoms with Gasteiger partial charge in [0.1, 0.15) is 5.69 Å². The second-order valence-electron chi connectivity index (χ2n) is 3.40. The van der Waals surface area contributed by atoms with Crippen LogP contribution in [0.25, 0.3) is 0 Å². The Kier molecular flexibility index (Phi) is 3.63. The van der Waals surface area contributed by atoms with Crippen LogP contribution in [0.4, 0.5) is 20.2 Å². The maximum atomic E-state index is 13.4. The number of nitrogens with two attached hydrogens (primary N) is 1. The van der Waals surface area contributed by atoms with Gasteiger partial charge in [-0.1, -0.05) is 0 Å². The summed E-state index contributed by atoms with van der Waals surface area (Å²) in [5, 5.41) is 4.63. The zero-order valence-corrected chi connectivity index (χ0v) is 11.0. The van der Waals surface area contributed by atoms with Gasteiger partial charge in [0.15, 0.2) is 11.6 Å². The maximum Gasteiger partial charge on any atom is 0.151 e. The minimum atomic E-state index is -0.685. The van der Waals surface area contributed by atoms with Gasteiger partial charge in [-0.3, -0.25) is 0 Å². The molecule has 1 aromatic carbocycles. The van der Waals surface area contributed by atoms with E-state index in [0.29, 0.717) is 6.54 Å². The minimum absolute atomic E-state index is 0.0721. The summed E-state index contributed by atoms with van der Waals surface area (Å²) in [6.45, 7) is 0.357. The molecular formula is C11H9BrF2N2S. The second kappa shape index (κ2) is 5.01. The van der Waals surface area contributed by atoms with E-state index in [1.54, 1.807) is 0 Å². The van der Waals surface area contributed by atoms with Crippen molar-refractivity contribution in [2.24, 2.45) is 0 Å². The monoisotopic (exact) mass is 318 g/mol. The van der Waals surface area contributed by atoms with Crippen molar-refractivity contribution in [2.45, 2.75) is 6.54 Å². The summed E-state index contributed by atoms with van der Waals surface area (Å²) in [6, 6.07) is 4.07. The molecule has 6 heteroatoms. The van der Waals surface area contributed by atoms with Crippen LogP contribution in [0.15, 0.2) is 28.1 Å². The molecule has 3 N–H and O–H groups in total. The molecular weight excluding hydrogens is 310 g/mol. The van der Waals surface area contributed by atoms with E-state index in [4.69, 9.17) is 5.73 Å². The predicted octanol–water partition coefficient (Wildman–Crippen LogP) is 3.98. The number of thiophene rings is 1. The first-order valence-electron chi connectivity index (χ1n) is 4.78. The molecule has 1 aromatic heterocycles. The van der Waals surface area contributed by atoms with Gasteiger partial charge >= 0.3 is 0 Å². The normalized spacial score (nSPS) is 10.5. The largest absolute Gasteiger partial charge is 0.399 e. The molecule has 17 heavy (non-hydrogen) atoms. The highest BCUT2D eigenvalue weighted by molar-refractivity contribution is 9.10. The molecule has 0 spiro atoms. The zero-order valence-electron chi connectivity index (χ0n) is 8.64. The minimum Gasteiger partial charge on any atom is -0.399 e.